The smallest absolute Gasteiger partial charge is 0.371 e. The van der Waals surface area contributed by atoms with Crippen LogP contribution in [0.1, 0.15) is 19.4 Å². The summed E-state index contributed by atoms with van der Waals surface area (Å²) < 4.78 is 39.8. The number of nitro groups is 2. The van der Waals surface area contributed by atoms with Gasteiger partial charge in [-0.1, -0.05) is 12.1 Å². The molecule has 0 heterocycles. The maximum atomic E-state index is 13.3. The topological polar surface area (TPSA) is 107 Å². The molecule has 1 N–H and O–H groups in total. The molecular formula is C11H11F3N2O5. The fourth-order valence-corrected chi connectivity index (χ4v) is 1.84. The third-order valence-electron chi connectivity index (χ3n) is 3.23. The highest BCUT2D eigenvalue weighted by atomic mass is 19.4. The van der Waals surface area contributed by atoms with E-state index in [-0.39, 0.29) is 0 Å². The van der Waals surface area contributed by atoms with Gasteiger partial charge in [-0.05, 0) is 0 Å². The van der Waals surface area contributed by atoms with Gasteiger partial charge in [0.25, 0.3) is 16.8 Å². The van der Waals surface area contributed by atoms with Gasteiger partial charge >= 0.3 is 6.18 Å². The number of rotatable bonds is 4. The molecule has 0 saturated heterocycles. The van der Waals surface area contributed by atoms with Gasteiger partial charge < -0.3 is 5.11 Å². The highest BCUT2D eigenvalue weighted by molar-refractivity contribution is 5.39. The standard InChI is InChI=1S/C11H11F3N2O5/c1-9(2,16(20)21)10(17,11(12,13)14)7-4-3-5-8(6-7)15(18)19/h3-6,17H,1-2H3. The van der Waals surface area contributed by atoms with E-state index in [9.17, 15) is 38.5 Å². The van der Waals surface area contributed by atoms with Crippen molar-refractivity contribution in [3.05, 3.63) is 50.1 Å². The van der Waals surface area contributed by atoms with E-state index >= 15 is 0 Å². The summed E-state index contributed by atoms with van der Waals surface area (Å²) >= 11 is 0. The largest absolute Gasteiger partial charge is 0.428 e. The molecule has 0 amide bonds. The van der Waals surface area contributed by atoms with Crippen molar-refractivity contribution >= 4 is 5.69 Å². The lowest BCUT2D eigenvalue weighted by atomic mass is 9.77. The third-order valence-corrected chi connectivity index (χ3v) is 3.23. The molecule has 0 aliphatic carbocycles. The first-order valence-corrected chi connectivity index (χ1v) is 5.54. The van der Waals surface area contributed by atoms with Crippen molar-refractivity contribution in [3.63, 3.8) is 0 Å². The number of non-ortho nitro benzene ring substituents is 1. The molecule has 0 aliphatic heterocycles. The Morgan fingerprint density at radius 1 is 1.14 bits per heavy atom. The van der Waals surface area contributed by atoms with Crippen molar-refractivity contribution in [3.8, 4) is 0 Å². The van der Waals surface area contributed by atoms with E-state index in [2.05, 4.69) is 0 Å². The molecule has 0 fully saturated rings. The number of hydrogen-bond donors (Lipinski definition) is 1. The number of benzene rings is 1. The van der Waals surface area contributed by atoms with Gasteiger partial charge in [0.1, 0.15) is 0 Å². The predicted molar refractivity (Wildman–Crippen MR) is 64.1 cm³/mol. The zero-order valence-corrected chi connectivity index (χ0v) is 10.9. The molecule has 116 valence electrons. The molecule has 1 aromatic rings. The Balaban J connectivity index is 3.65. The van der Waals surface area contributed by atoms with Crippen LogP contribution in [0.15, 0.2) is 24.3 Å². The summed E-state index contributed by atoms with van der Waals surface area (Å²) in [7, 11) is 0. The van der Waals surface area contributed by atoms with Crippen LogP contribution in [0.4, 0.5) is 18.9 Å². The molecule has 0 aromatic heterocycles. The number of halogens is 3. The minimum Gasteiger partial charge on any atom is -0.371 e. The van der Waals surface area contributed by atoms with E-state index < -0.39 is 38.4 Å². The zero-order chi connectivity index (χ0) is 16.6. The molecule has 0 spiro atoms. The van der Waals surface area contributed by atoms with Gasteiger partial charge in [-0.3, -0.25) is 20.2 Å². The van der Waals surface area contributed by atoms with Gasteiger partial charge in [-0.15, -0.1) is 0 Å². The molecule has 1 aromatic carbocycles. The minimum absolute atomic E-state index is 0.471. The van der Waals surface area contributed by atoms with Crippen LogP contribution in [-0.4, -0.2) is 26.7 Å². The Labute approximate surface area is 116 Å². The molecule has 21 heavy (non-hydrogen) atoms. The molecule has 0 radical (unpaired) electrons. The number of nitro benzene ring substituents is 1. The second kappa shape index (κ2) is 4.95. The Morgan fingerprint density at radius 2 is 1.67 bits per heavy atom. The zero-order valence-electron chi connectivity index (χ0n) is 10.9. The fraction of sp³-hybridized carbons (Fsp3) is 0.455. The van der Waals surface area contributed by atoms with Gasteiger partial charge in [-0.25, -0.2) is 0 Å². The van der Waals surface area contributed by atoms with Crippen molar-refractivity contribution in [2.75, 3.05) is 0 Å². The summed E-state index contributed by atoms with van der Waals surface area (Å²) in [5.41, 5.74) is -8.41. The van der Waals surface area contributed by atoms with Gasteiger partial charge in [-0.2, -0.15) is 13.2 Å². The second-order valence-electron chi connectivity index (χ2n) is 4.83. The highest BCUT2D eigenvalue weighted by Gasteiger charge is 2.70. The first kappa shape index (κ1) is 16.8. The van der Waals surface area contributed by atoms with Gasteiger partial charge in [0.15, 0.2) is 0 Å². The Hall–Kier alpha value is -2.23. The van der Waals surface area contributed by atoms with Gasteiger partial charge in [0, 0.05) is 36.5 Å². The Bertz CT molecular complexity index is 587. The lowest BCUT2D eigenvalue weighted by Gasteiger charge is -2.37. The van der Waals surface area contributed by atoms with Gasteiger partial charge in [0.05, 0.1) is 4.92 Å². The fourth-order valence-electron chi connectivity index (χ4n) is 1.84. The molecule has 7 nitrogen and oxygen atoms in total. The molecule has 0 saturated carbocycles. The number of alkyl halides is 3. The van der Waals surface area contributed by atoms with Crippen molar-refractivity contribution in [1.82, 2.24) is 0 Å². The van der Waals surface area contributed by atoms with Crippen molar-refractivity contribution in [1.29, 1.82) is 0 Å². The van der Waals surface area contributed by atoms with Crippen LogP contribution in [0.3, 0.4) is 0 Å². The maximum Gasteiger partial charge on any atom is 0.428 e. The van der Waals surface area contributed by atoms with E-state index in [0.29, 0.717) is 19.9 Å². The SMILES string of the molecule is CC(C)([N+](=O)[O-])C(O)(c1cccc([N+](=O)[O-])c1)C(F)(F)F. The summed E-state index contributed by atoms with van der Waals surface area (Å²) in [5.74, 6) is 0. The summed E-state index contributed by atoms with van der Waals surface area (Å²) in [6.45, 7) is 1.19. The number of aliphatic hydroxyl groups is 1. The van der Waals surface area contributed by atoms with E-state index in [1.807, 2.05) is 0 Å². The Morgan fingerprint density at radius 3 is 2.05 bits per heavy atom. The quantitative estimate of drug-likeness (QED) is 0.679. The average Bonchev–Trinajstić information content (AvgIpc) is 2.36. The van der Waals surface area contributed by atoms with Crippen LogP contribution in [0.25, 0.3) is 0 Å². The predicted octanol–water partition coefficient (Wildman–Crippen LogP) is 2.40. The molecule has 0 aliphatic rings. The van der Waals surface area contributed by atoms with Crippen molar-refractivity contribution < 1.29 is 28.1 Å². The lowest BCUT2D eigenvalue weighted by Crippen LogP contribution is -2.61. The number of hydrogen-bond acceptors (Lipinski definition) is 5. The second-order valence-corrected chi connectivity index (χ2v) is 4.83. The van der Waals surface area contributed by atoms with Crippen LogP contribution in [0.2, 0.25) is 0 Å². The van der Waals surface area contributed by atoms with Crippen LogP contribution in [0, 0.1) is 20.2 Å². The van der Waals surface area contributed by atoms with Crippen LogP contribution < -0.4 is 0 Å². The Kier molecular flexibility index (Phi) is 3.97. The van der Waals surface area contributed by atoms with Crippen molar-refractivity contribution in [2.45, 2.75) is 31.2 Å². The van der Waals surface area contributed by atoms with Crippen LogP contribution in [-0.2, 0) is 5.60 Å². The van der Waals surface area contributed by atoms with Crippen LogP contribution in [0.5, 0.6) is 0 Å². The normalized spacial score (nSPS) is 15.3. The third kappa shape index (κ3) is 2.53. The van der Waals surface area contributed by atoms with Crippen LogP contribution >= 0.6 is 0 Å². The van der Waals surface area contributed by atoms with Crippen molar-refractivity contribution in [2.24, 2.45) is 0 Å². The number of nitrogens with zero attached hydrogens (tertiary/aromatic N) is 2. The van der Waals surface area contributed by atoms with E-state index in [0.717, 1.165) is 18.2 Å². The van der Waals surface area contributed by atoms with E-state index in [1.165, 1.54) is 0 Å². The molecule has 1 rings (SSSR count). The molecule has 1 atom stereocenters. The first-order chi connectivity index (χ1) is 9.35. The average molecular weight is 308 g/mol. The lowest BCUT2D eigenvalue weighted by molar-refractivity contribution is -0.602. The summed E-state index contributed by atoms with van der Waals surface area (Å²) in [5, 5.41) is 31.6. The summed E-state index contributed by atoms with van der Waals surface area (Å²) in [6, 6.07) is 3.06. The van der Waals surface area contributed by atoms with E-state index in [4.69, 9.17) is 0 Å². The maximum absolute atomic E-state index is 13.3. The molecule has 10 heteroatoms. The molecule has 1 unspecified atom stereocenters. The monoisotopic (exact) mass is 308 g/mol. The molecule has 0 bridgehead atoms. The molecular weight excluding hydrogens is 297 g/mol. The summed E-state index contributed by atoms with van der Waals surface area (Å²) in [4.78, 5) is 19.3. The highest BCUT2D eigenvalue weighted by Crippen LogP contribution is 2.48. The minimum atomic E-state index is -5.40. The van der Waals surface area contributed by atoms with Gasteiger partial charge in [0.2, 0.25) is 0 Å². The first-order valence-electron chi connectivity index (χ1n) is 5.54. The van der Waals surface area contributed by atoms with E-state index in [1.54, 1.807) is 0 Å². The summed E-state index contributed by atoms with van der Waals surface area (Å²) in [6.07, 6.45) is -5.40.